The van der Waals surface area contributed by atoms with Gasteiger partial charge < -0.3 is 9.84 Å². The van der Waals surface area contributed by atoms with E-state index in [4.69, 9.17) is 21.6 Å². The predicted octanol–water partition coefficient (Wildman–Crippen LogP) is 3.14. The minimum absolute atomic E-state index is 0.200. The van der Waals surface area contributed by atoms with Gasteiger partial charge >= 0.3 is 0 Å². The lowest BCUT2D eigenvalue weighted by Gasteiger charge is -2.25. The fraction of sp³-hybridized carbons (Fsp3) is 0.462. The van der Waals surface area contributed by atoms with Crippen molar-refractivity contribution in [3.63, 3.8) is 0 Å². The van der Waals surface area contributed by atoms with E-state index in [0.717, 1.165) is 0 Å². The minimum atomic E-state index is -0.822. The average molecular weight is 254 g/mol. The van der Waals surface area contributed by atoms with Gasteiger partial charge in [0.25, 0.3) is 0 Å². The first-order chi connectivity index (χ1) is 8.04. The summed E-state index contributed by atoms with van der Waals surface area (Å²) in [6, 6.07) is 6.83. The molecule has 0 heterocycles. The number of nitrogens with zero attached hydrogens (tertiary/aromatic N) is 1. The quantitative estimate of drug-likeness (QED) is 0.877. The molecule has 17 heavy (non-hydrogen) atoms. The third-order valence-corrected chi connectivity index (χ3v) is 3.17. The Morgan fingerprint density at radius 2 is 2.06 bits per heavy atom. The summed E-state index contributed by atoms with van der Waals surface area (Å²) in [5.74, 6) is 0.492. The molecule has 0 saturated heterocycles. The Bertz CT molecular complexity index is 422. The van der Waals surface area contributed by atoms with E-state index in [0.29, 0.717) is 29.2 Å². The summed E-state index contributed by atoms with van der Waals surface area (Å²) >= 11 is 5.97. The molecule has 0 bridgehead atoms. The lowest BCUT2D eigenvalue weighted by atomic mass is 9.99. The molecule has 0 aliphatic carbocycles. The molecule has 1 aromatic carbocycles. The highest BCUT2D eigenvalue weighted by Gasteiger charge is 2.23. The minimum Gasteiger partial charge on any atom is -0.489 e. The summed E-state index contributed by atoms with van der Waals surface area (Å²) in [7, 11) is 0. The molecule has 0 spiro atoms. The van der Waals surface area contributed by atoms with Crippen molar-refractivity contribution in [3.8, 4) is 11.8 Å². The first-order valence-corrected chi connectivity index (χ1v) is 5.97. The molecule has 0 aliphatic rings. The van der Waals surface area contributed by atoms with Gasteiger partial charge in [-0.25, -0.2) is 0 Å². The molecule has 0 atom stereocenters. The highest BCUT2D eigenvalue weighted by Crippen LogP contribution is 2.27. The first-order valence-electron chi connectivity index (χ1n) is 5.59. The van der Waals surface area contributed by atoms with Crippen LogP contribution in [-0.4, -0.2) is 17.3 Å². The van der Waals surface area contributed by atoms with Gasteiger partial charge in [0.15, 0.2) is 0 Å². The van der Waals surface area contributed by atoms with Crippen molar-refractivity contribution in [3.05, 3.63) is 28.8 Å². The molecule has 1 aromatic rings. The van der Waals surface area contributed by atoms with Crippen molar-refractivity contribution in [2.45, 2.75) is 32.3 Å². The zero-order valence-corrected chi connectivity index (χ0v) is 10.8. The van der Waals surface area contributed by atoms with Gasteiger partial charge in [0.2, 0.25) is 0 Å². The van der Waals surface area contributed by atoms with E-state index in [1.807, 2.05) is 19.9 Å². The van der Waals surface area contributed by atoms with Crippen LogP contribution in [-0.2, 0) is 0 Å². The highest BCUT2D eigenvalue weighted by atomic mass is 35.5. The number of aliphatic hydroxyl groups is 1. The Hall–Kier alpha value is -1.24. The third kappa shape index (κ3) is 3.62. The molecule has 0 amide bonds. The van der Waals surface area contributed by atoms with Gasteiger partial charge in [0.1, 0.15) is 12.4 Å². The Labute approximate surface area is 107 Å². The number of rotatable bonds is 5. The number of halogens is 1. The van der Waals surface area contributed by atoms with Crippen LogP contribution in [0, 0.1) is 11.3 Å². The largest absolute Gasteiger partial charge is 0.489 e. The summed E-state index contributed by atoms with van der Waals surface area (Å²) in [5.41, 5.74) is -0.333. The zero-order chi connectivity index (χ0) is 12.9. The normalized spacial score (nSPS) is 11.0. The van der Waals surface area contributed by atoms with Crippen molar-refractivity contribution >= 4 is 11.6 Å². The fourth-order valence-corrected chi connectivity index (χ4v) is 1.59. The number of benzene rings is 1. The van der Waals surface area contributed by atoms with E-state index in [-0.39, 0.29) is 6.61 Å². The average Bonchev–Trinajstić information content (AvgIpc) is 2.36. The Balaban J connectivity index is 2.74. The number of ether oxygens (including phenoxy) is 1. The molecule has 92 valence electrons. The maximum Gasteiger partial charge on any atom is 0.138 e. The Morgan fingerprint density at radius 1 is 1.41 bits per heavy atom. The molecular formula is C13H16ClNO2. The lowest BCUT2D eigenvalue weighted by molar-refractivity contribution is -0.0113. The second kappa shape index (κ2) is 5.90. The molecule has 3 nitrogen and oxygen atoms in total. The topological polar surface area (TPSA) is 53.2 Å². The van der Waals surface area contributed by atoms with Crippen LogP contribution in [0.2, 0.25) is 5.02 Å². The van der Waals surface area contributed by atoms with Gasteiger partial charge in [-0.2, -0.15) is 5.26 Å². The summed E-state index contributed by atoms with van der Waals surface area (Å²) in [5, 5.41) is 19.1. The molecular weight excluding hydrogens is 238 g/mol. The van der Waals surface area contributed by atoms with Gasteiger partial charge in [-0.3, -0.25) is 0 Å². The predicted molar refractivity (Wildman–Crippen MR) is 67.2 cm³/mol. The van der Waals surface area contributed by atoms with E-state index in [1.165, 1.54) is 0 Å². The molecule has 0 radical (unpaired) electrons. The van der Waals surface area contributed by atoms with Gasteiger partial charge in [0.05, 0.1) is 22.3 Å². The smallest absolute Gasteiger partial charge is 0.138 e. The van der Waals surface area contributed by atoms with E-state index in [2.05, 4.69) is 0 Å². The molecule has 1 rings (SSSR count). The zero-order valence-electron chi connectivity index (χ0n) is 10.0. The summed E-state index contributed by atoms with van der Waals surface area (Å²) in [6.45, 7) is 4.02. The van der Waals surface area contributed by atoms with Crippen LogP contribution in [0.5, 0.6) is 5.75 Å². The third-order valence-electron chi connectivity index (χ3n) is 2.87. The van der Waals surface area contributed by atoms with Crippen molar-refractivity contribution in [2.75, 3.05) is 6.61 Å². The maximum absolute atomic E-state index is 10.1. The van der Waals surface area contributed by atoms with E-state index in [1.54, 1.807) is 18.2 Å². The highest BCUT2D eigenvalue weighted by molar-refractivity contribution is 6.32. The van der Waals surface area contributed by atoms with Gasteiger partial charge in [-0.1, -0.05) is 25.4 Å². The molecule has 0 fully saturated rings. The molecule has 0 saturated carbocycles. The lowest BCUT2D eigenvalue weighted by Crippen LogP contribution is -2.34. The monoisotopic (exact) mass is 253 g/mol. The number of nitriles is 1. The molecule has 0 aromatic heterocycles. The van der Waals surface area contributed by atoms with E-state index < -0.39 is 5.60 Å². The standard InChI is InChI=1S/C13H16ClNO2/c1-3-13(16,4-2)9-17-12-6-5-10(8-15)7-11(12)14/h5-7,16H,3-4,9H2,1-2H3. The number of hydrogen-bond donors (Lipinski definition) is 1. The Morgan fingerprint density at radius 3 is 2.53 bits per heavy atom. The van der Waals surface area contributed by atoms with Crippen LogP contribution in [0.1, 0.15) is 32.3 Å². The van der Waals surface area contributed by atoms with Crippen LogP contribution in [0.3, 0.4) is 0 Å². The van der Waals surface area contributed by atoms with Crippen molar-refractivity contribution < 1.29 is 9.84 Å². The van der Waals surface area contributed by atoms with Crippen LogP contribution in [0.15, 0.2) is 18.2 Å². The molecule has 1 N–H and O–H groups in total. The second-order valence-electron chi connectivity index (χ2n) is 3.98. The van der Waals surface area contributed by atoms with Gasteiger partial charge in [-0.15, -0.1) is 0 Å². The number of hydrogen-bond acceptors (Lipinski definition) is 3. The summed E-state index contributed by atoms with van der Waals surface area (Å²) < 4.78 is 5.49. The Kier molecular flexibility index (Phi) is 4.80. The van der Waals surface area contributed by atoms with Gasteiger partial charge in [-0.05, 0) is 31.0 Å². The van der Waals surface area contributed by atoms with Crippen LogP contribution in [0.4, 0.5) is 0 Å². The van der Waals surface area contributed by atoms with Crippen molar-refractivity contribution in [1.29, 1.82) is 5.26 Å². The van der Waals surface area contributed by atoms with Crippen molar-refractivity contribution in [1.82, 2.24) is 0 Å². The van der Waals surface area contributed by atoms with Crippen LogP contribution < -0.4 is 4.74 Å². The van der Waals surface area contributed by atoms with Gasteiger partial charge in [0, 0.05) is 0 Å². The van der Waals surface area contributed by atoms with E-state index >= 15 is 0 Å². The summed E-state index contributed by atoms with van der Waals surface area (Å²) in [4.78, 5) is 0. The van der Waals surface area contributed by atoms with Crippen molar-refractivity contribution in [2.24, 2.45) is 0 Å². The second-order valence-corrected chi connectivity index (χ2v) is 4.38. The van der Waals surface area contributed by atoms with Crippen LogP contribution >= 0.6 is 11.6 Å². The molecule has 4 heteroatoms. The maximum atomic E-state index is 10.1. The SMILES string of the molecule is CCC(O)(CC)COc1ccc(C#N)cc1Cl. The van der Waals surface area contributed by atoms with E-state index in [9.17, 15) is 5.11 Å². The summed E-state index contributed by atoms with van der Waals surface area (Å²) in [6.07, 6.45) is 1.24. The fourth-order valence-electron chi connectivity index (χ4n) is 1.35. The molecule has 0 unspecified atom stereocenters. The van der Waals surface area contributed by atoms with Crippen LogP contribution in [0.25, 0.3) is 0 Å². The molecule has 0 aliphatic heterocycles. The first kappa shape index (κ1) is 13.8.